The van der Waals surface area contributed by atoms with E-state index in [-0.39, 0.29) is 0 Å². The molecule has 1 unspecified atom stereocenters. The zero-order chi connectivity index (χ0) is 14.1. The van der Waals surface area contributed by atoms with E-state index in [9.17, 15) is 0 Å². The molecule has 0 radical (unpaired) electrons. The summed E-state index contributed by atoms with van der Waals surface area (Å²) in [6.07, 6.45) is 3.50. The minimum absolute atomic E-state index is 0.467. The predicted octanol–water partition coefficient (Wildman–Crippen LogP) is 2.98. The molecule has 1 aromatic heterocycles. The SMILES string of the molecule is CCC1CCc2[nH]c(-c3ccc(OC)c(CN)c3)nc21. The minimum Gasteiger partial charge on any atom is -0.496 e. The standard InChI is InChI=1S/C16H21N3O/c1-3-10-4-6-13-15(10)19-16(18-13)11-5-7-14(20-2)12(8-11)9-17/h5,7-8,10H,3-4,6,9,17H2,1-2H3,(H,18,19). The number of aryl methyl sites for hydroxylation is 1. The quantitative estimate of drug-likeness (QED) is 0.898. The number of nitrogens with one attached hydrogen (secondary N) is 1. The summed E-state index contributed by atoms with van der Waals surface area (Å²) in [6, 6.07) is 6.06. The van der Waals surface area contributed by atoms with Crippen molar-refractivity contribution in [1.82, 2.24) is 9.97 Å². The topological polar surface area (TPSA) is 63.9 Å². The first kappa shape index (κ1) is 13.2. The number of hydrogen-bond acceptors (Lipinski definition) is 3. The zero-order valence-electron chi connectivity index (χ0n) is 12.1. The van der Waals surface area contributed by atoms with E-state index in [1.165, 1.54) is 17.8 Å². The molecule has 4 heteroatoms. The van der Waals surface area contributed by atoms with Crippen molar-refractivity contribution in [3.8, 4) is 17.1 Å². The second kappa shape index (κ2) is 5.29. The Bertz CT molecular complexity index is 618. The fourth-order valence-electron chi connectivity index (χ4n) is 3.03. The maximum atomic E-state index is 5.78. The molecule has 1 aliphatic carbocycles. The number of aromatic nitrogens is 2. The van der Waals surface area contributed by atoms with Crippen molar-refractivity contribution >= 4 is 0 Å². The first-order chi connectivity index (χ1) is 9.76. The van der Waals surface area contributed by atoms with Crippen LogP contribution in [0.25, 0.3) is 11.4 Å². The highest BCUT2D eigenvalue weighted by molar-refractivity contribution is 5.60. The number of rotatable bonds is 4. The van der Waals surface area contributed by atoms with Gasteiger partial charge in [-0.05, 0) is 37.5 Å². The molecular weight excluding hydrogens is 250 g/mol. The molecule has 1 heterocycles. The highest BCUT2D eigenvalue weighted by Crippen LogP contribution is 2.35. The zero-order valence-corrected chi connectivity index (χ0v) is 12.1. The van der Waals surface area contributed by atoms with Crippen LogP contribution in [0.4, 0.5) is 0 Å². The van der Waals surface area contributed by atoms with E-state index in [2.05, 4.69) is 18.0 Å². The largest absolute Gasteiger partial charge is 0.496 e. The average Bonchev–Trinajstić information content (AvgIpc) is 3.06. The molecule has 0 bridgehead atoms. The van der Waals surface area contributed by atoms with E-state index in [0.29, 0.717) is 12.5 Å². The maximum Gasteiger partial charge on any atom is 0.137 e. The van der Waals surface area contributed by atoms with Crippen LogP contribution in [0.15, 0.2) is 18.2 Å². The molecule has 0 fully saturated rings. The third-order valence-corrected chi connectivity index (χ3v) is 4.21. The first-order valence-corrected chi connectivity index (χ1v) is 7.23. The monoisotopic (exact) mass is 271 g/mol. The number of imidazole rings is 1. The van der Waals surface area contributed by atoms with Crippen molar-refractivity contribution in [2.75, 3.05) is 7.11 Å². The van der Waals surface area contributed by atoms with Gasteiger partial charge in [0.05, 0.1) is 12.8 Å². The fourth-order valence-corrected chi connectivity index (χ4v) is 3.03. The van der Waals surface area contributed by atoms with Gasteiger partial charge < -0.3 is 15.5 Å². The summed E-state index contributed by atoms with van der Waals surface area (Å²) in [6.45, 7) is 2.70. The second-order valence-corrected chi connectivity index (χ2v) is 5.32. The highest BCUT2D eigenvalue weighted by atomic mass is 16.5. The number of fused-ring (bicyclic) bond motifs is 1. The lowest BCUT2D eigenvalue weighted by Crippen LogP contribution is -2.00. The molecule has 1 aliphatic rings. The molecule has 4 nitrogen and oxygen atoms in total. The molecule has 0 saturated heterocycles. The van der Waals surface area contributed by atoms with Gasteiger partial charge in [0, 0.05) is 29.3 Å². The molecule has 3 rings (SSSR count). The third-order valence-electron chi connectivity index (χ3n) is 4.21. The first-order valence-electron chi connectivity index (χ1n) is 7.23. The molecular formula is C16H21N3O. The van der Waals surface area contributed by atoms with Crippen LogP contribution in [0.3, 0.4) is 0 Å². The van der Waals surface area contributed by atoms with Crippen LogP contribution in [0, 0.1) is 0 Å². The molecule has 1 aromatic carbocycles. The average molecular weight is 271 g/mol. The number of aromatic amines is 1. The molecule has 0 amide bonds. The Labute approximate surface area is 119 Å². The smallest absolute Gasteiger partial charge is 0.137 e. The van der Waals surface area contributed by atoms with Gasteiger partial charge in [0.2, 0.25) is 0 Å². The van der Waals surface area contributed by atoms with Gasteiger partial charge in [0.15, 0.2) is 0 Å². The van der Waals surface area contributed by atoms with Gasteiger partial charge in [-0.15, -0.1) is 0 Å². The van der Waals surface area contributed by atoms with Gasteiger partial charge in [-0.1, -0.05) is 6.92 Å². The number of nitrogens with zero attached hydrogens (tertiary/aromatic N) is 1. The van der Waals surface area contributed by atoms with Gasteiger partial charge in [-0.2, -0.15) is 0 Å². The molecule has 20 heavy (non-hydrogen) atoms. The van der Waals surface area contributed by atoms with Crippen LogP contribution < -0.4 is 10.5 Å². The second-order valence-electron chi connectivity index (χ2n) is 5.32. The van der Waals surface area contributed by atoms with Crippen LogP contribution in [0.1, 0.15) is 42.6 Å². The molecule has 2 aromatic rings. The lowest BCUT2D eigenvalue weighted by atomic mass is 10.0. The summed E-state index contributed by atoms with van der Waals surface area (Å²) in [5, 5.41) is 0. The minimum atomic E-state index is 0.467. The van der Waals surface area contributed by atoms with Gasteiger partial charge in [0.25, 0.3) is 0 Å². The molecule has 3 N–H and O–H groups in total. The van der Waals surface area contributed by atoms with Crippen molar-refractivity contribution in [1.29, 1.82) is 0 Å². The van der Waals surface area contributed by atoms with Gasteiger partial charge in [0.1, 0.15) is 11.6 Å². The molecule has 1 atom stereocenters. The Morgan fingerprint density at radius 2 is 2.30 bits per heavy atom. The summed E-state index contributed by atoms with van der Waals surface area (Å²) >= 11 is 0. The summed E-state index contributed by atoms with van der Waals surface area (Å²) in [5.41, 5.74) is 10.4. The Hall–Kier alpha value is -1.81. The number of methoxy groups -OCH3 is 1. The van der Waals surface area contributed by atoms with E-state index in [4.69, 9.17) is 15.5 Å². The number of benzene rings is 1. The van der Waals surface area contributed by atoms with E-state index < -0.39 is 0 Å². The van der Waals surface area contributed by atoms with Crippen molar-refractivity contribution in [3.63, 3.8) is 0 Å². The molecule has 106 valence electrons. The van der Waals surface area contributed by atoms with Gasteiger partial charge in [-0.25, -0.2) is 4.98 Å². The fraction of sp³-hybridized carbons (Fsp3) is 0.438. The summed E-state index contributed by atoms with van der Waals surface area (Å²) in [4.78, 5) is 8.28. The van der Waals surface area contributed by atoms with Crippen molar-refractivity contribution in [2.24, 2.45) is 5.73 Å². The lowest BCUT2D eigenvalue weighted by Gasteiger charge is -2.08. The van der Waals surface area contributed by atoms with Crippen LogP contribution in [0.5, 0.6) is 5.75 Å². The maximum absolute atomic E-state index is 5.78. The Kier molecular flexibility index (Phi) is 3.49. The summed E-state index contributed by atoms with van der Waals surface area (Å²) in [5.74, 6) is 2.40. The van der Waals surface area contributed by atoms with E-state index in [0.717, 1.165) is 35.5 Å². The normalized spacial score (nSPS) is 17.2. The van der Waals surface area contributed by atoms with Crippen molar-refractivity contribution < 1.29 is 4.74 Å². The lowest BCUT2D eigenvalue weighted by molar-refractivity contribution is 0.410. The number of H-pyrrole nitrogens is 1. The number of hydrogen-bond donors (Lipinski definition) is 2. The van der Waals surface area contributed by atoms with Gasteiger partial charge in [-0.3, -0.25) is 0 Å². The third kappa shape index (κ3) is 2.10. The Morgan fingerprint density at radius 3 is 3.00 bits per heavy atom. The van der Waals surface area contributed by atoms with E-state index >= 15 is 0 Å². The Morgan fingerprint density at radius 1 is 1.45 bits per heavy atom. The molecule has 0 saturated carbocycles. The summed E-state index contributed by atoms with van der Waals surface area (Å²) in [7, 11) is 1.67. The van der Waals surface area contributed by atoms with E-state index in [1.54, 1.807) is 7.11 Å². The van der Waals surface area contributed by atoms with Crippen LogP contribution in [-0.2, 0) is 13.0 Å². The van der Waals surface area contributed by atoms with Crippen LogP contribution in [-0.4, -0.2) is 17.1 Å². The number of nitrogens with two attached hydrogens (primary N) is 1. The van der Waals surface area contributed by atoms with Crippen molar-refractivity contribution in [2.45, 2.75) is 38.6 Å². The van der Waals surface area contributed by atoms with Crippen LogP contribution in [0.2, 0.25) is 0 Å². The van der Waals surface area contributed by atoms with E-state index in [1.807, 2.05) is 12.1 Å². The molecule has 0 spiro atoms. The number of ether oxygens (including phenoxy) is 1. The highest BCUT2D eigenvalue weighted by Gasteiger charge is 2.25. The summed E-state index contributed by atoms with van der Waals surface area (Å²) < 4.78 is 5.31. The van der Waals surface area contributed by atoms with Gasteiger partial charge >= 0.3 is 0 Å². The Balaban J connectivity index is 1.98. The van der Waals surface area contributed by atoms with Crippen LogP contribution >= 0.6 is 0 Å². The van der Waals surface area contributed by atoms with Crippen molar-refractivity contribution in [3.05, 3.63) is 35.2 Å². The molecule has 0 aliphatic heterocycles. The predicted molar refractivity (Wildman–Crippen MR) is 79.8 cm³/mol.